The zero-order valence-corrected chi connectivity index (χ0v) is 9.36. The Morgan fingerprint density at radius 3 is 2.80 bits per heavy atom. The van der Waals surface area contributed by atoms with Gasteiger partial charge in [-0.15, -0.1) is 0 Å². The van der Waals surface area contributed by atoms with E-state index in [-0.39, 0.29) is 6.10 Å². The van der Waals surface area contributed by atoms with E-state index in [2.05, 4.69) is 5.32 Å². The van der Waals surface area contributed by atoms with E-state index in [4.69, 9.17) is 9.84 Å². The minimum absolute atomic E-state index is 0.257. The van der Waals surface area contributed by atoms with Gasteiger partial charge in [0.15, 0.2) is 0 Å². The Bertz CT molecular complexity index is 287. The van der Waals surface area contributed by atoms with E-state index >= 15 is 0 Å². The van der Waals surface area contributed by atoms with E-state index in [1.54, 1.807) is 14.0 Å². The number of methoxy groups -OCH3 is 1. The van der Waals surface area contributed by atoms with E-state index in [0.717, 1.165) is 24.2 Å². The lowest BCUT2D eigenvalue weighted by molar-refractivity contribution is 0.185. The van der Waals surface area contributed by atoms with Crippen molar-refractivity contribution in [2.75, 3.05) is 19.0 Å². The van der Waals surface area contributed by atoms with E-state index in [0.29, 0.717) is 6.61 Å². The van der Waals surface area contributed by atoms with Gasteiger partial charge in [0, 0.05) is 24.9 Å². The molecular formula is C12H19NO2. The van der Waals surface area contributed by atoms with Gasteiger partial charge in [0.25, 0.3) is 0 Å². The molecule has 0 spiro atoms. The highest BCUT2D eigenvalue weighted by atomic mass is 16.5. The standard InChI is InChI=1S/C12H19NO2/c1-10(14)7-8-13-12-6-4-3-5-11(12)9-15-2/h3-6,10,13-14H,7-9H2,1-2H3. The van der Waals surface area contributed by atoms with E-state index in [1.807, 2.05) is 24.3 Å². The first-order valence-corrected chi connectivity index (χ1v) is 5.23. The number of hydrogen-bond donors (Lipinski definition) is 2. The maximum atomic E-state index is 9.14. The van der Waals surface area contributed by atoms with E-state index in [9.17, 15) is 0 Å². The maximum absolute atomic E-state index is 9.14. The molecule has 3 heteroatoms. The molecule has 0 aromatic heterocycles. The molecule has 0 aliphatic carbocycles. The summed E-state index contributed by atoms with van der Waals surface area (Å²) in [5.41, 5.74) is 2.23. The van der Waals surface area contributed by atoms with Gasteiger partial charge in [-0.05, 0) is 19.4 Å². The van der Waals surface area contributed by atoms with Crippen LogP contribution in [0.15, 0.2) is 24.3 Å². The van der Waals surface area contributed by atoms with Crippen LogP contribution in [0.4, 0.5) is 5.69 Å². The lowest BCUT2D eigenvalue weighted by Gasteiger charge is -2.12. The lowest BCUT2D eigenvalue weighted by Crippen LogP contribution is -2.10. The molecule has 1 aromatic carbocycles. The van der Waals surface area contributed by atoms with Crippen molar-refractivity contribution in [2.45, 2.75) is 26.1 Å². The van der Waals surface area contributed by atoms with Crippen LogP contribution in [0, 0.1) is 0 Å². The second-order valence-electron chi connectivity index (χ2n) is 3.65. The summed E-state index contributed by atoms with van der Waals surface area (Å²) in [4.78, 5) is 0. The van der Waals surface area contributed by atoms with Gasteiger partial charge in [0.05, 0.1) is 12.7 Å². The van der Waals surface area contributed by atoms with Gasteiger partial charge in [-0.3, -0.25) is 0 Å². The van der Waals surface area contributed by atoms with Crippen molar-refractivity contribution in [1.82, 2.24) is 0 Å². The van der Waals surface area contributed by atoms with Gasteiger partial charge in [0.2, 0.25) is 0 Å². The second-order valence-corrected chi connectivity index (χ2v) is 3.65. The number of aliphatic hydroxyl groups is 1. The number of anilines is 1. The number of benzene rings is 1. The summed E-state index contributed by atoms with van der Waals surface area (Å²) in [6.45, 7) is 3.18. The zero-order valence-electron chi connectivity index (χ0n) is 9.36. The van der Waals surface area contributed by atoms with Crippen molar-refractivity contribution >= 4 is 5.69 Å². The summed E-state index contributed by atoms with van der Waals surface area (Å²) < 4.78 is 5.11. The van der Waals surface area contributed by atoms with Crippen molar-refractivity contribution in [3.8, 4) is 0 Å². The van der Waals surface area contributed by atoms with Crippen LogP contribution < -0.4 is 5.32 Å². The second kappa shape index (κ2) is 6.43. The zero-order chi connectivity index (χ0) is 11.1. The molecule has 0 aliphatic rings. The molecule has 1 unspecified atom stereocenters. The topological polar surface area (TPSA) is 41.5 Å². The Kier molecular flexibility index (Phi) is 5.15. The molecule has 0 heterocycles. The fourth-order valence-corrected chi connectivity index (χ4v) is 1.39. The number of nitrogens with one attached hydrogen (secondary N) is 1. The molecule has 3 nitrogen and oxygen atoms in total. The largest absolute Gasteiger partial charge is 0.393 e. The first-order valence-electron chi connectivity index (χ1n) is 5.23. The molecule has 0 aliphatic heterocycles. The average Bonchev–Trinajstić information content (AvgIpc) is 2.20. The van der Waals surface area contributed by atoms with E-state index in [1.165, 1.54) is 0 Å². The van der Waals surface area contributed by atoms with Crippen LogP contribution in [0.2, 0.25) is 0 Å². The highest BCUT2D eigenvalue weighted by Gasteiger charge is 2.01. The molecule has 0 amide bonds. The SMILES string of the molecule is COCc1ccccc1NCCC(C)O. The Hall–Kier alpha value is -1.06. The van der Waals surface area contributed by atoms with Crippen molar-refractivity contribution in [3.05, 3.63) is 29.8 Å². The van der Waals surface area contributed by atoms with Gasteiger partial charge in [-0.1, -0.05) is 18.2 Å². The van der Waals surface area contributed by atoms with Gasteiger partial charge >= 0.3 is 0 Å². The normalized spacial score (nSPS) is 12.5. The Morgan fingerprint density at radius 2 is 2.13 bits per heavy atom. The minimum atomic E-state index is -0.257. The smallest absolute Gasteiger partial charge is 0.0733 e. The fraction of sp³-hybridized carbons (Fsp3) is 0.500. The van der Waals surface area contributed by atoms with E-state index < -0.39 is 0 Å². The van der Waals surface area contributed by atoms with Crippen molar-refractivity contribution < 1.29 is 9.84 Å². The number of rotatable bonds is 6. The van der Waals surface area contributed by atoms with Crippen LogP contribution >= 0.6 is 0 Å². The lowest BCUT2D eigenvalue weighted by atomic mass is 10.2. The minimum Gasteiger partial charge on any atom is -0.393 e. The fourth-order valence-electron chi connectivity index (χ4n) is 1.39. The summed E-state index contributed by atoms with van der Waals surface area (Å²) >= 11 is 0. The molecule has 0 radical (unpaired) electrons. The number of aliphatic hydroxyl groups excluding tert-OH is 1. The van der Waals surface area contributed by atoms with Gasteiger partial charge in [-0.2, -0.15) is 0 Å². The molecule has 2 N–H and O–H groups in total. The number of hydrogen-bond acceptors (Lipinski definition) is 3. The van der Waals surface area contributed by atoms with Gasteiger partial charge < -0.3 is 15.2 Å². The highest BCUT2D eigenvalue weighted by Crippen LogP contribution is 2.15. The van der Waals surface area contributed by atoms with Crippen LogP contribution in [-0.2, 0) is 11.3 Å². The number of ether oxygens (including phenoxy) is 1. The number of para-hydroxylation sites is 1. The van der Waals surface area contributed by atoms with Crippen LogP contribution in [0.25, 0.3) is 0 Å². The molecule has 0 saturated carbocycles. The third-order valence-electron chi connectivity index (χ3n) is 2.19. The van der Waals surface area contributed by atoms with Crippen LogP contribution in [0.1, 0.15) is 18.9 Å². The maximum Gasteiger partial charge on any atom is 0.0733 e. The summed E-state index contributed by atoms with van der Waals surface area (Å²) in [5.74, 6) is 0. The Balaban J connectivity index is 2.51. The molecule has 1 atom stereocenters. The summed E-state index contributed by atoms with van der Waals surface area (Å²) in [6, 6.07) is 8.04. The summed E-state index contributed by atoms with van der Waals surface area (Å²) in [5, 5.41) is 12.4. The monoisotopic (exact) mass is 209 g/mol. The van der Waals surface area contributed by atoms with Gasteiger partial charge in [-0.25, -0.2) is 0 Å². The predicted molar refractivity (Wildman–Crippen MR) is 61.9 cm³/mol. The highest BCUT2D eigenvalue weighted by molar-refractivity contribution is 5.50. The Morgan fingerprint density at radius 1 is 1.40 bits per heavy atom. The molecule has 1 rings (SSSR count). The molecule has 0 fully saturated rings. The quantitative estimate of drug-likeness (QED) is 0.753. The van der Waals surface area contributed by atoms with Crippen LogP contribution in [0.3, 0.4) is 0 Å². The third kappa shape index (κ3) is 4.32. The Labute approximate surface area is 91.1 Å². The first kappa shape index (κ1) is 12.0. The van der Waals surface area contributed by atoms with Crippen LogP contribution in [-0.4, -0.2) is 24.9 Å². The van der Waals surface area contributed by atoms with Crippen molar-refractivity contribution in [3.63, 3.8) is 0 Å². The van der Waals surface area contributed by atoms with Crippen molar-refractivity contribution in [2.24, 2.45) is 0 Å². The third-order valence-corrected chi connectivity index (χ3v) is 2.19. The van der Waals surface area contributed by atoms with Crippen molar-refractivity contribution in [1.29, 1.82) is 0 Å². The molecule has 15 heavy (non-hydrogen) atoms. The van der Waals surface area contributed by atoms with Crippen LogP contribution in [0.5, 0.6) is 0 Å². The molecule has 1 aromatic rings. The summed E-state index contributed by atoms with van der Waals surface area (Å²) in [7, 11) is 1.69. The molecular weight excluding hydrogens is 190 g/mol. The summed E-state index contributed by atoms with van der Waals surface area (Å²) in [6.07, 6.45) is 0.494. The molecule has 0 bridgehead atoms. The first-order chi connectivity index (χ1) is 7.24. The molecule has 84 valence electrons. The molecule has 0 saturated heterocycles. The van der Waals surface area contributed by atoms with Gasteiger partial charge in [0.1, 0.15) is 0 Å². The average molecular weight is 209 g/mol. The predicted octanol–water partition coefficient (Wildman–Crippen LogP) is 2.02.